The first-order valence-corrected chi connectivity index (χ1v) is 7.89. The zero-order chi connectivity index (χ0) is 14.8. The standard InChI is InChI=1S/C16H22BrNO2/c1-16(2,15(19)20)13-7-5-9-18(11-13)10-12-6-3-4-8-14(12)17/h3-4,6,8,13H,5,7,9-11H2,1-2H3,(H,19,20). The quantitative estimate of drug-likeness (QED) is 0.907. The molecule has 110 valence electrons. The van der Waals surface area contributed by atoms with Gasteiger partial charge < -0.3 is 5.11 Å². The van der Waals surface area contributed by atoms with Crippen LogP contribution in [-0.2, 0) is 11.3 Å². The van der Waals surface area contributed by atoms with Crippen LogP contribution in [0.15, 0.2) is 28.7 Å². The Labute approximate surface area is 129 Å². The number of carbonyl (C=O) groups is 1. The number of halogens is 1. The fraction of sp³-hybridized carbons (Fsp3) is 0.562. The van der Waals surface area contributed by atoms with Crippen molar-refractivity contribution in [1.29, 1.82) is 0 Å². The number of carboxylic acids is 1. The molecular formula is C16H22BrNO2. The molecule has 1 heterocycles. The highest BCUT2D eigenvalue weighted by atomic mass is 79.9. The molecule has 1 N–H and O–H groups in total. The smallest absolute Gasteiger partial charge is 0.309 e. The summed E-state index contributed by atoms with van der Waals surface area (Å²) in [5.41, 5.74) is 0.619. The molecule has 20 heavy (non-hydrogen) atoms. The van der Waals surface area contributed by atoms with E-state index in [-0.39, 0.29) is 5.92 Å². The molecule has 0 amide bonds. The Balaban J connectivity index is 2.04. The van der Waals surface area contributed by atoms with E-state index in [0.29, 0.717) is 0 Å². The molecule has 1 aromatic rings. The number of benzene rings is 1. The number of rotatable bonds is 4. The van der Waals surface area contributed by atoms with E-state index in [1.165, 1.54) is 5.56 Å². The van der Waals surface area contributed by atoms with Crippen LogP contribution in [0.5, 0.6) is 0 Å². The van der Waals surface area contributed by atoms with Crippen LogP contribution in [0.25, 0.3) is 0 Å². The summed E-state index contributed by atoms with van der Waals surface area (Å²) < 4.78 is 1.12. The first kappa shape index (κ1) is 15.5. The van der Waals surface area contributed by atoms with Gasteiger partial charge >= 0.3 is 5.97 Å². The van der Waals surface area contributed by atoms with Gasteiger partial charge in [-0.1, -0.05) is 34.1 Å². The van der Waals surface area contributed by atoms with Gasteiger partial charge in [-0.15, -0.1) is 0 Å². The lowest BCUT2D eigenvalue weighted by molar-refractivity contribution is -0.151. The molecule has 0 bridgehead atoms. The van der Waals surface area contributed by atoms with Gasteiger partial charge in [-0.3, -0.25) is 9.69 Å². The van der Waals surface area contributed by atoms with E-state index in [4.69, 9.17) is 0 Å². The highest BCUT2D eigenvalue weighted by Crippen LogP contribution is 2.34. The number of likely N-dealkylation sites (tertiary alicyclic amines) is 1. The van der Waals surface area contributed by atoms with Gasteiger partial charge in [0.25, 0.3) is 0 Å². The van der Waals surface area contributed by atoms with Crippen molar-refractivity contribution in [2.45, 2.75) is 33.2 Å². The summed E-state index contributed by atoms with van der Waals surface area (Å²) in [7, 11) is 0. The first-order valence-electron chi connectivity index (χ1n) is 7.10. The van der Waals surface area contributed by atoms with Crippen molar-refractivity contribution in [3.8, 4) is 0 Å². The van der Waals surface area contributed by atoms with Gasteiger partial charge in [-0.2, -0.15) is 0 Å². The molecule has 0 radical (unpaired) electrons. The molecule has 1 aliphatic rings. The van der Waals surface area contributed by atoms with Crippen LogP contribution in [0.2, 0.25) is 0 Å². The van der Waals surface area contributed by atoms with Crippen LogP contribution in [0.4, 0.5) is 0 Å². The van der Waals surface area contributed by atoms with Crippen LogP contribution < -0.4 is 0 Å². The zero-order valence-electron chi connectivity index (χ0n) is 12.1. The average Bonchev–Trinajstić information content (AvgIpc) is 2.41. The molecule has 0 aromatic heterocycles. The number of hydrogen-bond acceptors (Lipinski definition) is 2. The number of nitrogens with zero attached hydrogens (tertiary/aromatic N) is 1. The second-order valence-electron chi connectivity index (χ2n) is 6.19. The van der Waals surface area contributed by atoms with Crippen LogP contribution in [0, 0.1) is 11.3 Å². The Bertz CT molecular complexity index is 487. The fourth-order valence-corrected chi connectivity index (χ4v) is 3.24. The molecule has 1 aliphatic heterocycles. The Morgan fingerprint density at radius 1 is 1.45 bits per heavy atom. The van der Waals surface area contributed by atoms with E-state index in [0.717, 1.165) is 36.9 Å². The molecule has 2 rings (SSSR count). The maximum Gasteiger partial charge on any atom is 0.309 e. The predicted octanol–water partition coefficient (Wildman–Crippen LogP) is 3.77. The van der Waals surface area contributed by atoms with E-state index in [2.05, 4.69) is 33.0 Å². The summed E-state index contributed by atoms with van der Waals surface area (Å²) in [6, 6.07) is 8.23. The molecule has 1 unspecified atom stereocenters. The largest absolute Gasteiger partial charge is 0.481 e. The van der Waals surface area contributed by atoms with Gasteiger partial charge in [0.15, 0.2) is 0 Å². The molecule has 4 heteroatoms. The monoisotopic (exact) mass is 339 g/mol. The van der Waals surface area contributed by atoms with Gasteiger partial charge in [0.1, 0.15) is 0 Å². The Morgan fingerprint density at radius 3 is 2.80 bits per heavy atom. The topological polar surface area (TPSA) is 40.5 Å². The highest BCUT2D eigenvalue weighted by Gasteiger charge is 2.38. The van der Waals surface area contributed by atoms with Gasteiger partial charge in [0.2, 0.25) is 0 Å². The minimum absolute atomic E-state index is 0.219. The van der Waals surface area contributed by atoms with Gasteiger partial charge in [-0.25, -0.2) is 0 Å². The zero-order valence-corrected chi connectivity index (χ0v) is 13.7. The van der Waals surface area contributed by atoms with E-state index in [9.17, 15) is 9.90 Å². The number of piperidine rings is 1. The van der Waals surface area contributed by atoms with Crippen LogP contribution in [-0.4, -0.2) is 29.1 Å². The summed E-state index contributed by atoms with van der Waals surface area (Å²) in [4.78, 5) is 13.8. The molecule has 0 spiro atoms. The average molecular weight is 340 g/mol. The van der Waals surface area contributed by atoms with E-state index in [1.54, 1.807) is 0 Å². The van der Waals surface area contributed by atoms with Crippen molar-refractivity contribution >= 4 is 21.9 Å². The lowest BCUT2D eigenvalue weighted by Crippen LogP contribution is -2.44. The number of hydrogen-bond donors (Lipinski definition) is 1. The van der Waals surface area contributed by atoms with Gasteiger partial charge in [0, 0.05) is 17.6 Å². The SMILES string of the molecule is CC(C)(C(=O)O)C1CCCN(Cc2ccccc2Br)C1. The molecule has 3 nitrogen and oxygen atoms in total. The fourth-order valence-electron chi connectivity index (χ4n) is 2.83. The van der Waals surface area contributed by atoms with E-state index in [1.807, 2.05) is 26.0 Å². The summed E-state index contributed by atoms with van der Waals surface area (Å²) in [5.74, 6) is -0.471. The molecule has 1 aromatic carbocycles. The minimum atomic E-state index is -0.690. The first-order chi connectivity index (χ1) is 9.41. The van der Waals surface area contributed by atoms with Crippen LogP contribution >= 0.6 is 15.9 Å². The molecule has 1 saturated heterocycles. The van der Waals surface area contributed by atoms with Crippen molar-refractivity contribution in [3.63, 3.8) is 0 Å². The minimum Gasteiger partial charge on any atom is -0.481 e. The van der Waals surface area contributed by atoms with Crippen molar-refractivity contribution in [2.75, 3.05) is 13.1 Å². The summed E-state index contributed by atoms with van der Waals surface area (Å²) >= 11 is 3.58. The maximum atomic E-state index is 11.4. The van der Waals surface area contributed by atoms with Crippen LogP contribution in [0.3, 0.4) is 0 Å². The third kappa shape index (κ3) is 3.41. The molecule has 0 saturated carbocycles. The lowest BCUT2D eigenvalue weighted by Gasteiger charge is -2.39. The Morgan fingerprint density at radius 2 is 2.15 bits per heavy atom. The second kappa shape index (κ2) is 6.27. The third-order valence-corrected chi connectivity index (χ3v) is 5.20. The van der Waals surface area contributed by atoms with Gasteiger partial charge in [-0.05, 0) is 50.8 Å². The summed E-state index contributed by atoms with van der Waals surface area (Å²) in [6.07, 6.45) is 2.08. The van der Waals surface area contributed by atoms with E-state index < -0.39 is 11.4 Å². The number of carboxylic acid groups (broad SMARTS) is 1. The summed E-state index contributed by atoms with van der Waals surface area (Å²) in [6.45, 7) is 6.49. The number of aliphatic carboxylic acids is 1. The van der Waals surface area contributed by atoms with Crippen molar-refractivity contribution in [2.24, 2.45) is 11.3 Å². The highest BCUT2D eigenvalue weighted by molar-refractivity contribution is 9.10. The van der Waals surface area contributed by atoms with Crippen LogP contribution in [0.1, 0.15) is 32.3 Å². The molecule has 0 aliphatic carbocycles. The summed E-state index contributed by atoms with van der Waals surface area (Å²) in [5, 5.41) is 9.39. The predicted molar refractivity (Wildman–Crippen MR) is 83.6 cm³/mol. The lowest BCUT2D eigenvalue weighted by atomic mass is 9.74. The second-order valence-corrected chi connectivity index (χ2v) is 7.05. The molecular weight excluding hydrogens is 318 g/mol. The molecule has 1 fully saturated rings. The maximum absolute atomic E-state index is 11.4. The van der Waals surface area contributed by atoms with Crippen molar-refractivity contribution < 1.29 is 9.90 Å². The normalized spacial score (nSPS) is 20.9. The third-order valence-electron chi connectivity index (χ3n) is 4.43. The van der Waals surface area contributed by atoms with E-state index >= 15 is 0 Å². The van der Waals surface area contributed by atoms with Gasteiger partial charge in [0.05, 0.1) is 5.41 Å². The van der Waals surface area contributed by atoms with Crippen molar-refractivity contribution in [3.05, 3.63) is 34.3 Å². The Kier molecular flexibility index (Phi) is 4.86. The molecule has 1 atom stereocenters. The van der Waals surface area contributed by atoms with Crippen molar-refractivity contribution in [1.82, 2.24) is 4.90 Å². The Hall–Kier alpha value is -0.870.